The molecule has 21 heavy (non-hydrogen) atoms. The molecule has 0 bridgehead atoms. The fourth-order valence-electron chi connectivity index (χ4n) is 2.39. The van der Waals surface area contributed by atoms with Crippen LogP contribution >= 0.6 is 28.3 Å². The second kappa shape index (κ2) is 7.20. The van der Waals surface area contributed by atoms with Crippen molar-refractivity contribution in [3.05, 3.63) is 38.3 Å². The maximum Gasteiger partial charge on any atom is 0.271 e. The molecule has 1 aliphatic heterocycles. The number of carbonyl (C=O) groups is 1. The van der Waals surface area contributed by atoms with Gasteiger partial charge in [-0.3, -0.25) is 14.9 Å². The highest BCUT2D eigenvalue weighted by Gasteiger charge is 2.29. The molecule has 2 N–H and O–H groups in total. The van der Waals surface area contributed by atoms with E-state index in [1.165, 1.54) is 12.1 Å². The van der Waals surface area contributed by atoms with Crippen molar-refractivity contribution < 1.29 is 9.72 Å². The van der Waals surface area contributed by atoms with Crippen LogP contribution in [0.4, 0.5) is 5.69 Å². The molecule has 1 heterocycles. The summed E-state index contributed by atoms with van der Waals surface area (Å²) in [6.07, 6.45) is 0.875. The van der Waals surface area contributed by atoms with Crippen LogP contribution in [0.5, 0.6) is 0 Å². The summed E-state index contributed by atoms with van der Waals surface area (Å²) < 4.78 is 0.526. The van der Waals surface area contributed by atoms with Crippen LogP contribution in [0.1, 0.15) is 23.7 Å². The molecule has 0 radical (unpaired) electrons. The summed E-state index contributed by atoms with van der Waals surface area (Å²) in [6, 6.07) is 4.34. The largest absolute Gasteiger partial charge is 0.338 e. The fraction of sp³-hybridized carbons (Fsp3) is 0.462. The monoisotopic (exact) mass is 377 g/mol. The third-order valence-corrected chi connectivity index (χ3v) is 4.05. The van der Waals surface area contributed by atoms with Crippen LogP contribution in [-0.4, -0.2) is 34.9 Å². The van der Waals surface area contributed by atoms with Gasteiger partial charge in [-0.05, 0) is 25.3 Å². The molecule has 1 aromatic rings. The molecule has 0 aromatic heterocycles. The Morgan fingerprint density at radius 2 is 2.19 bits per heavy atom. The van der Waals surface area contributed by atoms with Crippen molar-refractivity contribution in [3.63, 3.8) is 0 Å². The summed E-state index contributed by atoms with van der Waals surface area (Å²) in [5.74, 6) is 0.110. The summed E-state index contributed by atoms with van der Waals surface area (Å²) in [5.41, 5.74) is 6.09. The summed E-state index contributed by atoms with van der Waals surface area (Å²) in [7, 11) is 0. The van der Waals surface area contributed by atoms with E-state index in [9.17, 15) is 14.9 Å². The number of carbonyl (C=O) groups excluding carboxylic acids is 1. The van der Waals surface area contributed by atoms with Crippen molar-refractivity contribution in [2.24, 2.45) is 11.7 Å². The topological polar surface area (TPSA) is 89.5 Å². The first-order chi connectivity index (χ1) is 9.38. The van der Waals surface area contributed by atoms with E-state index < -0.39 is 4.92 Å². The Labute approximate surface area is 137 Å². The van der Waals surface area contributed by atoms with Crippen LogP contribution in [0.3, 0.4) is 0 Å². The second-order valence-electron chi connectivity index (χ2n) is 5.11. The summed E-state index contributed by atoms with van der Waals surface area (Å²) in [4.78, 5) is 24.4. The molecular formula is C13H17BrClN3O3. The maximum atomic E-state index is 12.4. The smallest absolute Gasteiger partial charge is 0.271 e. The van der Waals surface area contributed by atoms with E-state index in [0.717, 1.165) is 6.42 Å². The fourth-order valence-corrected chi connectivity index (χ4v) is 2.87. The summed E-state index contributed by atoms with van der Waals surface area (Å²) in [6.45, 7) is 3.19. The molecule has 1 aliphatic rings. The van der Waals surface area contributed by atoms with Gasteiger partial charge in [0.1, 0.15) is 0 Å². The van der Waals surface area contributed by atoms with Crippen LogP contribution in [0.15, 0.2) is 22.7 Å². The highest BCUT2D eigenvalue weighted by Crippen LogP contribution is 2.25. The van der Waals surface area contributed by atoms with Gasteiger partial charge in [0.25, 0.3) is 11.6 Å². The van der Waals surface area contributed by atoms with Crippen LogP contribution < -0.4 is 5.73 Å². The van der Waals surface area contributed by atoms with E-state index in [4.69, 9.17) is 5.73 Å². The molecule has 2 rings (SSSR count). The zero-order valence-electron chi connectivity index (χ0n) is 11.5. The highest BCUT2D eigenvalue weighted by molar-refractivity contribution is 9.10. The van der Waals surface area contributed by atoms with Crippen LogP contribution in [0, 0.1) is 16.0 Å². The molecule has 2 unspecified atom stereocenters. The van der Waals surface area contributed by atoms with Crippen molar-refractivity contribution in [2.75, 3.05) is 13.1 Å². The minimum Gasteiger partial charge on any atom is -0.338 e. The number of nitrogens with zero attached hydrogens (tertiary/aromatic N) is 2. The summed E-state index contributed by atoms with van der Waals surface area (Å²) in [5, 5.41) is 10.8. The molecule has 1 aromatic carbocycles. The maximum absolute atomic E-state index is 12.4. The average Bonchev–Trinajstić information content (AvgIpc) is 2.86. The van der Waals surface area contributed by atoms with Crippen LogP contribution in [-0.2, 0) is 0 Å². The van der Waals surface area contributed by atoms with Gasteiger partial charge < -0.3 is 10.6 Å². The lowest BCUT2D eigenvalue weighted by atomic mass is 10.0. The van der Waals surface area contributed by atoms with Gasteiger partial charge in [0.15, 0.2) is 0 Å². The molecule has 1 saturated heterocycles. The lowest BCUT2D eigenvalue weighted by Gasteiger charge is -2.18. The van der Waals surface area contributed by atoms with Gasteiger partial charge in [0.05, 0.1) is 4.92 Å². The van der Waals surface area contributed by atoms with Gasteiger partial charge in [0.2, 0.25) is 0 Å². The highest BCUT2D eigenvalue weighted by atomic mass is 79.9. The minimum absolute atomic E-state index is 0. The number of hydrogen-bond acceptors (Lipinski definition) is 4. The Balaban J connectivity index is 0.00000220. The quantitative estimate of drug-likeness (QED) is 0.646. The van der Waals surface area contributed by atoms with Gasteiger partial charge in [0, 0.05) is 41.3 Å². The van der Waals surface area contributed by atoms with Gasteiger partial charge in [-0.15, -0.1) is 12.4 Å². The average molecular weight is 379 g/mol. The zero-order chi connectivity index (χ0) is 14.9. The van der Waals surface area contributed by atoms with Crippen molar-refractivity contribution in [2.45, 2.75) is 19.4 Å². The van der Waals surface area contributed by atoms with Crippen molar-refractivity contribution >= 4 is 39.9 Å². The van der Waals surface area contributed by atoms with Crippen LogP contribution in [0.25, 0.3) is 0 Å². The zero-order valence-corrected chi connectivity index (χ0v) is 13.9. The number of halogens is 2. The number of nitro benzene ring substituents is 1. The van der Waals surface area contributed by atoms with E-state index >= 15 is 0 Å². The van der Waals surface area contributed by atoms with E-state index in [-0.39, 0.29) is 30.0 Å². The third-order valence-electron chi connectivity index (χ3n) is 3.60. The Morgan fingerprint density at radius 1 is 1.52 bits per heavy atom. The molecule has 6 nitrogen and oxygen atoms in total. The van der Waals surface area contributed by atoms with Gasteiger partial charge in [-0.1, -0.05) is 15.9 Å². The van der Waals surface area contributed by atoms with E-state index in [1.807, 2.05) is 6.92 Å². The number of nitrogens with two attached hydrogens (primary N) is 1. The molecule has 1 fully saturated rings. The number of non-ortho nitro benzene ring substituents is 1. The predicted octanol–water partition coefficient (Wildman–Crippen LogP) is 2.59. The number of benzene rings is 1. The van der Waals surface area contributed by atoms with Gasteiger partial charge >= 0.3 is 0 Å². The molecule has 116 valence electrons. The summed E-state index contributed by atoms with van der Waals surface area (Å²) >= 11 is 3.20. The van der Waals surface area contributed by atoms with Gasteiger partial charge in [-0.25, -0.2) is 0 Å². The third kappa shape index (κ3) is 4.15. The van der Waals surface area contributed by atoms with Crippen molar-refractivity contribution in [1.82, 2.24) is 4.90 Å². The lowest BCUT2D eigenvalue weighted by Crippen LogP contribution is -2.33. The predicted molar refractivity (Wildman–Crippen MR) is 85.7 cm³/mol. The molecule has 0 aliphatic carbocycles. The SMILES string of the molecule is CC(N)C1CCN(C(=O)c2cc(Br)cc([N+](=O)[O-])c2)C1.Cl. The molecule has 2 atom stereocenters. The van der Waals surface area contributed by atoms with E-state index in [0.29, 0.717) is 29.0 Å². The lowest BCUT2D eigenvalue weighted by molar-refractivity contribution is -0.385. The molecular weight excluding hydrogens is 362 g/mol. The first kappa shape index (κ1) is 17.9. The van der Waals surface area contributed by atoms with Crippen molar-refractivity contribution in [1.29, 1.82) is 0 Å². The number of likely N-dealkylation sites (tertiary alicyclic amines) is 1. The van der Waals surface area contributed by atoms with E-state index in [2.05, 4.69) is 15.9 Å². The van der Waals surface area contributed by atoms with Crippen molar-refractivity contribution in [3.8, 4) is 0 Å². The Bertz CT molecular complexity index is 553. The molecule has 1 amide bonds. The first-order valence-corrected chi connectivity index (χ1v) is 7.17. The van der Waals surface area contributed by atoms with Gasteiger partial charge in [-0.2, -0.15) is 0 Å². The molecule has 0 saturated carbocycles. The first-order valence-electron chi connectivity index (χ1n) is 6.38. The Hall–Kier alpha value is -1.18. The molecule has 0 spiro atoms. The Kier molecular flexibility index (Phi) is 6.12. The normalized spacial score (nSPS) is 19.0. The van der Waals surface area contributed by atoms with Crippen LogP contribution in [0.2, 0.25) is 0 Å². The number of rotatable bonds is 3. The molecule has 8 heteroatoms. The number of nitro groups is 1. The number of amides is 1. The minimum atomic E-state index is -0.504. The standard InChI is InChI=1S/C13H16BrN3O3.ClH/c1-8(15)9-2-3-16(7-9)13(18)10-4-11(14)6-12(5-10)17(19)20;/h4-6,8-9H,2-3,7,15H2,1H3;1H. The van der Waals surface area contributed by atoms with E-state index in [1.54, 1.807) is 11.0 Å². The second-order valence-corrected chi connectivity index (χ2v) is 6.03. The Morgan fingerprint density at radius 3 is 2.71 bits per heavy atom. The number of hydrogen-bond donors (Lipinski definition) is 1.